The number of carbonyl (C=O) groups is 1. The lowest BCUT2D eigenvalue weighted by molar-refractivity contribution is 0.0690. The van der Waals surface area contributed by atoms with Crippen LogP contribution in [0, 0.1) is 5.41 Å². The molecule has 0 aliphatic heterocycles. The van der Waals surface area contributed by atoms with E-state index in [4.69, 9.17) is 10.5 Å². The minimum atomic E-state index is -0.937. The molecule has 1 aliphatic rings. The Kier molecular flexibility index (Phi) is 3.30. The van der Waals surface area contributed by atoms with Crippen molar-refractivity contribution in [2.45, 2.75) is 33.1 Å². The molecule has 98 valence electrons. The van der Waals surface area contributed by atoms with E-state index in [2.05, 4.69) is 13.8 Å². The molecule has 18 heavy (non-hydrogen) atoms. The van der Waals surface area contributed by atoms with Gasteiger partial charge in [-0.05, 0) is 41.9 Å². The number of aryl methyl sites for hydroxylation is 1. The zero-order chi connectivity index (χ0) is 13.3. The second-order valence-electron chi connectivity index (χ2n) is 5.53. The Bertz CT molecular complexity index is 480. The SMILES string of the molecule is CC1(C)CCc2ccc(OCN)c(C(=O)O)c2C1. The molecule has 1 aliphatic carbocycles. The van der Waals surface area contributed by atoms with E-state index in [1.807, 2.05) is 6.07 Å². The Morgan fingerprint density at radius 3 is 2.83 bits per heavy atom. The Morgan fingerprint density at radius 2 is 2.22 bits per heavy atom. The second kappa shape index (κ2) is 4.61. The van der Waals surface area contributed by atoms with E-state index < -0.39 is 5.97 Å². The third-order valence-electron chi connectivity index (χ3n) is 3.55. The molecule has 0 saturated carbocycles. The van der Waals surface area contributed by atoms with Gasteiger partial charge in [0.2, 0.25) is 0 Å². The predicted octanol–water partition coefficient (Wildman–Crippen LogP) is 2.19. The average Bonchev–Trinajstić information content (AvgIpc) is 2.27. The van der Waals surface area contributed by atoms with Crippen molar-refractivity contribution in [3.63, 3.8) is 0 Å². The lowest BCUT2D eigenvalue weighted by atomic mass is 9.73. The molecule has 4 nitrogen and oxygen atoms in total. The molecule has 0 bridgehead atoms. The summed E-state index contributed by atoms with van der Waals surface area (Å²) in [5, 5.41) is 9.40. The quantitative estimate of drug-likeness (QED) is 0.805. The zero-order valence-corrected chi connectivity index (χ0v) is 10.8. The number of carboxylic acid groups (broad SMARTS) is 1. The van der Waals surface area contributed by atoms with Crippen LogP contribution < -0.4 is 10.5 Å². The van der Waals surface area contributed by atoms with Crippen molar-refractivity contribution >= 4 is 5.97 Å². The van der Waals surface area contributed by atoms with E-state index in [-0.39, 0.29) is 17.7 Å². The van der Waals surface area contributed by atoms with Gasteiger partial charge in [0.05, 0.1) is 0 Å². The molecule has 0 aromatic heterocycles. The van der Waals surface area contributed by atoms with E-state index in [1.165, 1.54) is 0 Å². The van der Waals surface area contributed by atoms with E-state index in [0.29, 0.717) is 5.75 Å². The third kappa shape index (κ3) is 2.34. The van der Waals surface area contributed by atoms with Crippen molar-refractivity contribution in [3.05, 3.63) is 28.8 Å². The summed E-state index contributed by atoms with van der Waals surface area (Å²) in [6.07, 6.45) is 2.77. The van der Waals surface area contributed by atoms with Crippen LogP contribution >= 0.6 is 0 Å². The van der Waals surface area contributed by atoms with Gasteiger partial charge in [-0.3, -0.25) is 5.73 Å². The summed E-state index contributed by atoms with van der Waals surface area (Å²) >= 11 is 0. The Labute approximate surface area is 107 Å². The number of benzene rings is 1. The number of nitrogens with two attached hydrogens (primary N) is 1. The molecule has 1 aromatic carbocycles. The summed E-state index contributed by atoms with van der Waals surface area (Å²) in [6, 6.07) is 3.68. The summed E-state index contributed by atoms with van der Waals surface area (Å²) < 4.78 is 5.23. The van der Waals surface area contributed by atoms with Gasteiger partial charge in [0.25, 0.3) is 0 Å². The Hall–Kier alpha value is -1.55. The van der Waals surface area contributed by atoms with Crippen molar-refractivity contribution in [1.82, 2.24) is 0 Å². The van der Waals surface area contributed by atoms with E-state index in [0.717, 1.165) is 30.4 Å². The number of carboxylic acids is 1. The molecule has 0 saturated heterocycles. The standard InChI is InChI=1S/C14H19NO3/c1-14(2)6-5-9-3-4-11(18-8-15)12(13(16)17)10(9)7-14/h3-4H,5-8,15H2,1-2H3,(H,16,17). The van der Waals surface area contributed by atoms with Gasteiger partial charge in [0.15, 0.2) is 0 Å². The number of hydrogen-bond donors (Lipinski definition) is 2. The molecule has 1 aromatic rings. The topological polar surface area (TPSA) is 72.5 Å². The van der Waals surface area contributed by atoms with Gasteiger partial charge in [-0.1, -0.05) is 19.9 Å². The molecule has 0 unspecified atom stereocenters. The molecule has 0 heterocycles. The van der Waals surface area contributed by atoms with Gasteiger partial charge in [-0.2, -0.15) is 0 Å². The Morgan fingerprint density at radius 1 is 1.50 bits per heavy atom. The summed E-state index contributed by atoms with van der Waals surface area (Å²) in [5.74, 6) is -0.561. The van der Waals surface area contributed by atoms with Gasteiger partial charge in [-0.25, -0.2) is 4.79 Å². The maximum Gasteiger partial charge on any atom is 0.339 e. The highest BCUT2D eigenvalue weighted by Gasteiger charge is 2.30. The van der Waals surface area contributed by atoms with E-state index in [1.54, 1.807) is 6.07 Å². The highest BCUT2D eigenvalue weighted by molar-refractivity contribution is 5.93. The first-order valence-corrected chi connectivity index (χ1v) is 6.15. The minimum Gasteiger partial charge on any atom is -0.478 e. The van der Waals surface area contributed by atoms with Gasteiger partial charge < -0.3 is 9.84 Å². The largest absolute Gasteiger partial charge is 0.478 e. The van der Waals surface area contributed by atoms with Crippen molar-refractivity contribution in [1.29, 1.82) is 0 Å². The van der Waals surface area contributed by atoms with Crippen LogP contribution in [0.2, 0.25) is 0 Å². The first-order chi connectivity index (χ1) is 8.44. The number of hydrogen-bond acceptors (Lipinski definition) is 3. The van der Waals surface area contributed by atoms with Crippen molar-refractivity contribution in [2.24, 2.45) is 11.1 Å². The molecule has 0 spiro atoms. The van der Waals surface area contributed by atoms with Crippen LogP contribution in [-0.2, 0) is 12.8 Å². The number of aromatic carboxylic acids is 1. The molecule has 4 heteroatoms. The normalized spacial score (nSPS) is 17.1. The lowest BCUT2D eigenvalue weighted by Crippen LogP contribution is -2.25. The summed E-state index contributed by atoms with van der Waals surface area (Å²) in [4.78, 5) is 11.5. The van der Waals surface area contributed by atoms with Crippen LogP contribution in [-0.4, -0.2) is 17.8 Å². The van der Waals surface area contributed by atoms with Crippen LogP contribution in [0.5, 0.6) is 5.75 Å². The highest BCUT2D eigenvalue weighted by Crippen LogP contribution is 2.39. The first kappa shape index (κ1) is 12.9. The number of fused-ring (bicyclic) bond motifs is 1. The molecular weight excluding hydrogens is 230 g/mol. The van der Waals surface area contributed by atoms with Crippen LogP contribution in [0.15, 0.2) is 12.1 Å². The summed E-state index contributed by atoms with van der Waals surface area (Å²) in [5.41, 5.74) is 7.79. The Balaban J connectivity index is 2.54. The molecule has 0 amide bonds. The minimum absolute atomic E-state index is 0.0114. The smallest absolute Gasteiger partial charge is 0.339 e. The molecule has 3 N–H and O–H groups in total. The predicted molar refractivity (Wildman–Crippen MR) is 68.9 cm³/mol. The highest BCUT2D eigenvalue weighted by atomic mass is 16.5. The van der Waals surface area contributed by atoms with Gasteiger partial charge in [0, 0.05) is 0 Å². The van der Waals surface area contributed by atoms with Crippen LogP contribution in [0.1, 0.15) is 41.8 Å². The van der Waals surface area contributed by atoms with Crippen LogP contribution in [0.25, 0.3) is 0 Å². The van der Waals surface area contributed by atoms with E-state index >= 15 is 0 Å². The van der Waals surface area contributed by atoms with Crippen LogP contribution in [0.3, 0.4) is 0 Å². The van der Waals surface area contributed by atoms with Crippen molar-refractivity contribution in [2.75, 3.05) is 6.73 Å². The fourth-order valence-corrected chi connectivity index (χ4v) is 2.59. The van der Waals surface area contributed by atoms with Gasteiger partial charge in [-0.15, -0.1) is 0 Å². The average molecular weight is 249 g/mol. The maximum atomic E-state index is 11.5. The monoisotopic (exact) mass is 249 g/mol. The summed E-state index contributed by atoms with van der Waals surface area (Å²) in [7, 11) is 0. The fourth-order valence-electron chi connectivity index (χ4n) is 2.59. The van der Waals surface area contributed by atoms with Crippen molar-refractivity contribution < 1.29 is 14.6 Å². The second-order valence-corrected chi connectivity index (χ2v) is 5.53. The van der Waals surface area contributed by atoms with Crippen molar-refractivity contribution in [3.8, 4) is 5.75 Å². The number of ether oxygens (including phenoxy) is 1. The van der Waals surface area contributed by atoms with Gasteiger partial charge in [0.1, 0.15) is 18.0 Å². The molecular formula is C14H19NO3. The molecule has 0 radical (unpaired) electrons. The number of rotatable bonds is 3. The molecule has 0 atom stereocenters. The van der Waals surface area contributed by atoms with Crippen LogP contribution in [0.4, 0.5) is 0 Å². The lowest BCUT2D eigenvalue weighted by Gasteiger charge is -2.32. The summed E-state index contributed by atoms with van der Waals surface area (Å²) in [6.45, 7) is 4.32. The van der Waals surface area contributed by atoms with E-state index in [9.17, 15) is 9.90 Å². The first-order valence-electron chi connectivity index (χ1n) is 6.15. The maximum absolute atomic E-state index is 11.5. The fraction of sp³-hybridized carbons (Fsp3) is 0.500. The zero-order valence-electron chi connectivity index (χ0n) is 10.8. The third-order valence-corrected chi connectivity index (χ3v) is 3.55. The molecule has 0 fully saturated rings. The van der Waals surface area contributed by atoms with Gasteiger partial charge >= 0.3 is 5.97 Å². The molecule has 2 rings (SSSR count).